The molecule has 3 nitrogen and oxygen atoms in total. The number of cyclic esters (lactones) is 1. The zero-order valence-corrected chi connectivity index (χ0v) is 13.7. The van der Waals surface area contributed by atoms with Gasteiger partial charge in [0.05, 0.1) is 6.61 Å². The lowest BCUT2D eigenvalue weighted by molar-refractivity contribution is -0.141. The van der Waals surface area contributed by atoms with E-state index in [0.29, 0.717) is 12.6 Å². The second-order valence-electron chi connectivity index (χ2n) is 6.40. The van der Waals surface area contributed by atoms with E-state index in [1.807, 2.05) is 60.7 Å². The van der Waals surface area contributed by atoms with Gasteiger partial charge in [-0.15, -0.1) is 0 Å². The minimum atomic E-state index is -0.732. The molecule has 0 aliphatic carbocycles. The average molecular weight is 309 g/mol. The van der Waals surface area contributed by atoms with Crippen molar-refractivity contribution < 1.29 is 9.53 Å². The summed E-state index contributed by atoms with van der Waals surface area (Å²) in [5.41, 5.74) is 1.28. The van der Waals surface area contributed by atoms with Crippen LogP contribution in [0.1, 0.15) is 25.0 Å². The van der Waals surface area contributed by atoms with Crippen LogP contribution in [0, 0.1) is 5.92 Å². The van der Waals surface area contributed by atoms with E-state index in [0.717, 1.165) is 17.7 Å². The van der Waals surface area contributed by atoms with Crippen molar-refractivity contribution in [2.45, 2.75) is 25.3 Å². The molecule has 1 N–H and O–H groups in total. The molecule has 1 unspecified atom stereocenters. The summed E-state index contributed by atoms with van der Waals surface area (Å²) in [6.45, 7) is 5.42. The van der Waals surface area contributed by atoms with Gasteiger partial charge in [0.25, 0.3) is 0 Å². The van der Waals surface area contributed by atoms with E-state index in [2.05, 4.69) is 19.2 Å². The number of ether oxygens (including phenoxy) is 1. The van der Waals surface area contributed by atoms with E-state index < -0.39 is 5.41 Å². The molecule has 3 rings (SSSR count). The third-order valence-electron chi connectivity index (χ3n) is 4.58. The van der Waals surface area contributed by atoms with Crippen molar-refractivity contribution in [3.05, 3.63) is 71.8 Å². The van der Waals surface area contributed by atoms with Crippen LogP contribution in [0.25, 0.3) is 0 Å². The quantitative estimate of drug-likeness (QED) is 0.862. The minimum Gasteiger partial charge on any atom is -0.464 e. The van der Waals surface area contributed by atoms with Gasteiger partial charge < -0.3 is 10.1 Å². The highest BCUT2D eigenvalue weighted by Crippen LogP contribution is 2.44. The topological polar surface area (TPSA) is 38.3 Å². The number of rotatable bonds is 5. The molecule has 1 aliphatic heterocycles. The molecule has 0 bridgehead atoms. The molecule has 2 aromatic rings. The number of hydrogen-bond acceptors (Lipinski definition) is 3. The monoisotopic (exact) mass is 309 g/mol. The fourth-order valence-electron chi connectivity index (χ4n) is 3.45. The van der Waals surface area contributed by atoms with E-state index in [1.165, 1.54) is 0 Å². The number of esters is 1. The van der Waals surface area contributed by atoms with E-state index in [9.17, 15) is 4.79 Å². The van der Waals surface area contributed by atoms with Gasteiger partial charge in [-0.05, 0) is 11.1 Å². The Bertz CT molecular complexity index is 612. The highest BCUT2D eigenvalue weighted by Gasteiger charge is 2.54. The van der Waals surface area contributed by atoms with Crippen LogP contribution >= 0.6 is 0 Å². The van der Waals surface area contributed by atoms with Gasteiger partial charge in [0.1, 0.15) is 5.41 Å². The van der Waals surface area contributed by atoms with Gasteiger partial charge in [0.15, 0.2) is 0 Å². The lowest BCUT2D eigenvalue weighted by Gasteiger charge is -2.32. The summed E-state index contributed by atoms with van der Waals surface area (Å²) in [6, 6.07) is 20.4. The molecular formula is C20H23NO2. The number of carbonyl (C=O) groups is 1. The van der Waals surface area contributed by atoms with Gasteiger partial charge in [-0.2, -0.15) is 0 Å². The van der Waals surface area contributed by atoms with Crippen LogP contribution < -0.4 is 5.32 Å². The Kier molecular flexibility index (Phi) is 4.49. The van der Waals surface area contributed by atoms with Gasteiger partial charge >= 0.3 is 5.97 Å². The van der Waals surface area contributed by atoms with Crippen LogP contribution in [-0.4, -0.2) is 25.2 Å². The number of hydrogen-bond donors (Lipinski definition) is 1. The van der Waals surface area contributed by atoms with Crippen molar-refractivity contribution in [1.29, 1.82) is 0 Å². The maximum Gasteiger partial charge on any atom is 0.321 e. The van der Waals surface area contributed by atoms with Crippen molar-refractivity contribution in [3.63, 3.8) is 0 Å². The van der Waals surface area contributed by atoms with Crippen molar-refractivity contribution in [1.82, 2.24) is 5.32 Å². The average Bonchev–Trinajstić information content (AvgIpc) is 2.92. The van der Waals surface area contributed by atoms with Crippen LogP contribution in [0.5, 0.6) is 0 Å². The fraction of sp³-hybridized carbons (Fsp3) is 0.350. The van der Waals surface area contributed by atoms with Gasteiger partial charge in [-0.1, -0.05) is 74.5 Å². The van der Waals surface area contributed by atoms with Crippen LogP contribution in [0.15, 0.2) is 60.7 Å². The minimum absolute atomic E-state index is 0.0715. The maximum absolute atomic E-state index is 12.9. The first-order valence-corrected chi connectivity index (χ1v) is 8.17. The third-order valence-corrected chi connectivity index (χ3v) is 4.58. The molecule has 120 valence electrons. The zero-order valence-electron chi connectivity index (χ0n) is 13.7. The summed E-state index contributed by atoms with van der Waals surface area (Å²) in [5.74, 6) is -0.0762. The molecule has 1 heterocycles. The first kappa shape index (κ1) is 15.8. The van der Waals surface area contributed by atoms with Crippen LogP contribution in [0.3, 0.4) is 0 Å². The molecule has 1 atom stereocenters. The molecule has 0 radical (unpaired) electrons. The standard InChI is InChI=1S/C20H23NO2/c1-15(2)21-13-18-14-23-19(22)20(18,16-9-5-3-6-10-16)17-11-7-4-8-12-17/h3-12,15,18,21H,13-14H2,1-2H3. The Hall–Kier alpha value is -2.13. The summed E-state index contributed by atoms with van der Waals surface area (Å²) < 4.78 is 5.54. The Balaban J connectivity index is 2.12. The first-order valence-electron chi connectivity index (χ1n) is 8.17. The van der Waals surface area contributed by atoms with Crippen molar-refractivity contribution in [2.24, 2.45) is 5.92 Å². The number of nitrogens with one attached hydrogen (secondary N) is 1. The second-order valence-corrected chi connectivity index (χ2v) is 6.40. The van der Waals surface area contributed by atoms with Gasteiger partial charge in [-0.3, -0.25) is 4.79 Å². The van der Waals surface area contributed by atoms with Gasteiger partial charge in [0, 0.05) is 18.5 Å². The largest absolute Gasteiger partial charge is 0.464 e. The molecule has 1 saturated heterocycles. The lowest BCUT2D eigenvalue weighted by Crippen LogP contribution is -2.44. The normalized spacial score (nSPS) is 19.8. The molecule has 1 fully saturated rings. The van der Waals surface area contributed by atoms with Crippen LogP contribution in [0.4, 0.5) is 0 Å². The van der Waals surface area contributed by atoms with E-state index >= 15 is 0 Å². The Morgan fingerprint density at radius 3 is 2.04 bits per heavy atom. The van der Waals surface area contributed by atoms with E-state index in [4.69, 9.17) is 4.74 Å². The van der Waals surface area contributed by atoms with Crippen molar-refractivity contribution in [2.75, 3.05) is 13.2 Å². The predicted molar refractivity (Wildman–Crippen MR) is 91.3 cm³/mol. The Morgan fingerprint density at radius 2 is 1.57 bits per heavy atom. The SMILES string of the molecule is CC(C)NCC1COC(=O)C1(c1ccccc1)c1ccccc1. The molecular weight excluding hydrogens is 286 g/mol. The first-order chi connectivity index (χ1) is 11.2. The summed E-state index contributed by atoms with van der Waals surface area (Å²) in [5, 5.41) is 3.47. The van der Waals surface area contributed by atoms with Crippen molar-refractivity contribution in [3.8, 4) is 0 Å². The zero-order chi connectivity index (χ0) is 16.3. The third kappa shape index (κ3) is 2.77. The molecule has 0 aromatic heterocycles. The highest BCUT2D eigenvalue weighted by atomic mass is 16.5. The van der Waals surface area contributed by atoms with Crippen LogP contribution in [0.2, 0.25) is 0 Å². The molecule has 23 heavy (non-hydrogen) atoms. The lowest BCUT2D eigenvalue weighted by atomic mass is 9.67. The molecule has 0 amide bonds. The number of carbonyl (C=O) groups excluding carboxylic acids is 1. The van der Waals surface area contributed by atoms with E-state index in [1.54, 1.807) is 0 Å². The second kappa shape index (κ2) is 6.55. The van der Waals surface area contributed by atoms with Gasteiger partial charge in [-0.25, -0.2) is 0 Å². The summed E-state index contributed by atoms with van der Waals surface area (Å²) in [4.78, 5) is 12.9. The molecule has 3 heteroatoms. The smallest absolute Gasteiger partial charge is 0.321 e. The van der Waals surface area contributed by atoms with Crippen LogP contribution in [-0.2, 0) is 14.9 Å². The summed E-state index contributed by atoms with van der Waals surface area (Å²) in [7, 11) is 0. The molecule has 0 spiro atoms. The fourth-order valence-corrected chi connectivity index (χ4v) is 3.45. The molecule has 1 aliphatic rings. The Morgan fingerprint density at radius 1 is 1.04 bits per heavy atom. The number of benzene rings is 2. The maximum atomic E-state index is 12.9. The van der Waals surface area contributed by atoms with Gasteiger partial charge in [0.2, 0.25) is 0 Å². The summed E-state index contributed by atoms with van der Waals surface area (Å²) in [6.07, 6.45) is 0. The molecule has 0 saturated carbocycles. The summed E-state index contributed by atoms with van der Waals surface area (Å²) >= 11 is 0. The highest BCUT2D eigenvalue weighted by molar-refractivity contribution is 5.90. The Labute approximate surface area is 137 Å². The van der Waals surface area contributed by atoms with E-state index in [-0.39, 0.29) is 11.9 Å². The predicted octanol–water partition coefficient (Wildman–Crippen LogP) is 3.14. The van der Waals surface area contributed by atoms with Crippen molar-refractivity contribution >= 4 is 5.97 Å². The molecule has 2 aromatic carbocycles.